The molecule has 0 spiro atoms. The first kappa shape index (κ1) is 12.6. The summed E-state index contributed by atoms with van der Waals surface area (Å²) in [6, 6.07) is 3.71. The van der Waals surface area contributed by atoms with Gasteiger partial charge in [0, 0.05) is 12.2 Å². The Labute approximate surface area is 96.3 Å². The van der Waals surface area contributed by atoms with Gasteiger partial charge >= 0.3 is 0 Å². The number of carbonyl (C=O) groups is 1. The first-order valence-electron chi connectivity index (χ1n) is 5.61. The molecule has 1 atom stereocenters. The van der Waals surface area contributed by atoms with E-state index < -0.39 is 0 Å². The summed E-state index contributed by atoms with van der Waals surface area (Å²) >= 11 is 0. The maximum Gasteiger partial charge on any atom is 0.228 e. The Morgan fingerprint density at radius 1 is 1.56 bits per heavy atom. The minimum Gasteiger partial charge on any atom is -0.330 e. The predicted molar refractivity (Wildman–Crippen MR) is 65.1 cm³/mol. The first-order valence-corrected chi connectivity index (χ1v) is 5.61. The first-order chi connectivity index (χ1) is 7.67. The maximum absolute atomic E-state index is 11.8. The molecule has 4 heteroatoms. The van der Waals surface area contributed by atoms with E-state index in [4.69, 9.17) is 5.73 Å². The fourth-order valence-electron chi connectivity index (χ4n) is 1.49. The number of hydrogen-bond donors (Lipinski definition) is 2. The summed E-state index contributed by atoms with van der Waals surface area (Å²) < 4.78 is 0. The normalized spacial score (nSPS) is 12.2. The number of amides is 1. The molecule has 0 radical (unpaired) electrons. The lowest BCUT2D eigenvalue weighted by molar-refractivity contribution is -0.119. The van der Waals surface area contributed by atoms with Crippen molar-refractivity contribution in [2.45, 2.75) is 26.7 Å². The Kier molecular flexibility index (Phi) is 4.92. The van der Waals surface area contributed by atoms with E-state index in [9.17, 15) is 4.79 Å². The fraction of sp³-hybridized carbons (Fsp3) is 0.500. The van der Waals surface area contributed by atoms with Crippen molar-refractivity contribution in [1.82, 2.24) is 4.98 Å². The van der Waals surface area contributed by atoms with Crippen LogP contribution in [0.1, 0.15) is 25.5 Å². The summed E-state index contributed by atoms with van der Waals surface area (Å²) in [4.78, 5) is 15.9. The molecule has 1 amide bonds. The molecule has 0 bridgehead atoms. The molecule has 0 aliphatic heterocycles. The van der Waals surface area contributed by atoms with E-state index in [0.29, 0.717) is 6.54 Å². The van der Waals surface area contributed by atoms with E-state index >= 15 is 0 Å². The van der Waals surface area contributed by atoms with Gasteiger partial charge in [-0.25, -0.2) is 0 Å². The average Bonchev–Trinajstić information content (AvgIpc) is 2.29. The number of nitrogens with zero attached hydrogens (tertiary/aromatic N) is 1. The molecule has 1 heterocycles. The Balaban J connectivity index is 2.59. The van der Waals surface area contributed by atoms with E-state index in [1.165, 1.54) is 0 Å². The molecule has 0 aliphatic carbocycles. The molecule has 0 fully saturated rings. The second-order valence-electron chi connectivity index (χ2n) is 3.90. The minimum absolute atomic E-state index is 0.0185. The summed E-state index contributed by atoms with van der Waals surface area (Å²) in [5.41, 5.74) is 7.22. The molecule has 0 saturated heterocycles. The Morgan fingerprint density at radius 2 is 2.31 bits per heavy atom. The minimum atomic E-state index is -0.105. The number of rotatable bonds is 5. The van der Waals surface area contributed by atoms with Crippen molar-refractivity contribution < 1.29 is 4.79 Å². The largest absolute Gasteiger partial charge is 0.330 e. The van der Waals surface area contributed by atoms with Gasteiger partial charge in [0.1, 0.15) is 0 Å². The third-order valence-electron chi connectivity index (χ3n) is 2.47. The molecule has 0 aliphatic rings. The van der Waals surface area contributed by atoms with Crippen molar-refractivity contribution in [2.24, 2.45) is 11.7 Å². The van der Waals surface area contributed by atoms with Crippen LogP contribution in [0.25, 0.3) is 0 Å². The molecule has 1 unspecified atom stereocenters. The summed E-state index contributed by atoms with van der Waals surface area (Å²) in [6.07, 6.45) is 3.44. The SMILES string of the molecule is CCCC(CN)C(=O)Nc1ccc(C)nc1. The lowest BCUT2D eigenvalue weighted by atomic mass is 10.0. The van der Waals surface area contributed by atoms with Gasteiger partial charge in [-0.3, -0.25) is 9.78 Å². The average molecular weight is 221 g/mol. The number of aromatic nitrogens is 1. The molecular formula is C12H19N3O. The highest BCUT2D eigenvalue weighted by atomic mass is 16.1. The molecule has 1 rings (SSSR count). The van der Waals surface area contributed by atoms with Crippen LogP contribution in [-0.2, 0) is 4.79 Å². The van der Waals surface area contributed by atoms with Crippen LogP contribution in [0.15, 0.2) is 18.3 Å². The maximum atomic E-state index is 11.8. The number of hydrogen-bond acceptors (Lipinski definition) is 3. The van der Waals surface area contributed by atoms with Crippen LogP contribution in [0, 0.1) is 12.8 Å². The van der Waals surface area contributed by atoms with Crippen molar-refractivity contribution in [3.05, 3.63) is 24.0 Å². The zero-order valence-corrected chi connectivity index (χ0v) is 9.86. The predicted octanol–water partition coefficient (Wildman–Crippen LogP) is 1.70. The van der Waals surface area contributed by atoms with Crippen LogP contribution >= 0.6 is 0 Å². The lowest BCUT2D eigenvalue weighted by Crippen LogP contribution is -2.29. The smallest absolute Gasteiger partial charge is 0.228 e. The molecule has 3 N–H and O–H groups in total. The summed E-state index contributed by atoms with van der Waals surface area (Å²) in [6.45, 7) is 4.34. The Hall–Kier alpha value is -1.42. The van der Waals surface area contributed by atoms with E-state index in [2.05, 4.69) is 10.3 Å². The van der Waals surface area contributed by atoms with Gasteiger partial charge in [0.15, 0.2) is 0 Å². The van der Waals surface area contributed by atoms with Crippen LogP contribution < -0.4 is 11.1 Å². The van der Waals surface area contributed by atoms with Gasteiger partial charge in [0.25, 0.3) is 0 Å². The molecular weight excluding hydrogens is 202 g/mol. The van der Waals surface area contributed by atoms with Gasteiger partial charge in [0.05, 0.1) is 17.8 Å². The standard InChI is InChI=1S/C12H19N3O/c1-3-4-10(7-13)12(16)15-11-6-5-9(2)14-8-11/h5-6,8,10H,3-4,7,13H2,1-2H3,(H,15,16). The number of aryl methyl sites for hydroxylation is 1. The molecule has 0 aromatic carbocycles. The van der Waals surface area contributed by atoms with Gasteiger partial charge in [0.2, 0.25) is 5.91 Å². The summed E-state index contributed by atoms with van der Waals surface area (Å²) in [5.74, 6) is -0.124. The van der Waals surface area contributed by atoms with E-state index in [0.717, 1.165) is 24.2 Å². The summed E-state index contributed by atoms with van der Waals surface area (Å²) in [7, 11) is 0. The van der Waals surface area contributed by atoms with Crippen molar-refractivity contribution in [1.29, 1.82) is 0 Å². The highest BCUT2D eigenvalue weighted by Crippen LogP contribution is 2.10. The zero-order valence-electron chi connectivity index (χ0n) is 9.86. The topological polar surface area (TPSA) is 68.0 Å². The zero-order chi connectivity index (χ0) is 12.0. The summed E-state index contributed by atoms with van der Waals surface area (Å²) in [5, 5.41) is 2.82. The third kappa shape index (κ3) is 3.62. The number of anilines is 1. The highest BCUT2D eigenvalue weighted by molar-refractivity contribution is 5.92. The molecule has 1 aromatic rings. The van der Waals surface area contributed by atoms with Gasteiger partial charge < -0.3 is 11.1 Å². The highest BCUT2D eigenvalue weighted by Gasteiger charge is 2.15. The van der Waals surface area contributed by atoms with Gasteiger partial charge in [-0.15, -0.1) is 0 Å². The number of carbonyl (C=O) groups excluding carboxylic acids is 1. The van der Waals surface area contributed by atoms with Crippen LogP contribution in [0.3, 0.4) is 0 Å². The van der Waals surface area contributed by atoms with Crippen molar-refractivity contribution in [2.75, 3.05) is 11.9 Å². The Bertz CT molecular complexity index is 335. The number of nitrogens with two attached hydrogens (primary N) is 1. The van der Waals surface area contributed by atoms with Crippen molar-refractivity contribution in [3.8, 4) is 0 Å². The van der Waals surface area contributed by atoms with Gasteiger partial charge in [-0.1, -0.05) is 13.3 Å². The van der Waals surface area contributed by atoms with E-state index in [1.54, 1.807) is 6.20 Å². The number of nitrogens with one attached hydrogen (secondary N) is 1. The van der Waals surface area contributed by atoms with Crippen LogP contribution in [0.5, 0.6) is 0 Å². The second-order valence-corrected chi connectivity index (χ2v) is 3.90. The van der Waals surface area contributed by atoms with Crippen molar-refractivity contribution >= 4 is 11.6 Å². The van der Waals surface area contributed by atoms with E-state index in [-0.39, 0.29) is 11.8 Å². The quantitative estimate of drug-likeness (QED) is 0.795. The van der Waals surface area contributed by atoms with Crippen LogP contribution in [0.4, 0.5) is 5.69 Å². The van der Waals surface area contributed by atoms with Crippen LogP contribution in [0.2, 0.25) is 0 Å². The molecule has 0 saturated carbocycles. The lowest BCUT2D eigenvalue weighted by Gasteiger charge is -2.13. The fourth-order valence-corrected chi connectivity index (χ4v) is 1.49. The van der Waals surface area contributed by atoms with E-state index in [1.807, 2.05) is 26.0 Å². The second kappa shape index (κ2) is 6.23. The monoisotopic (exact) mass is 221 g/mol. The Morgan fingerprint density at radius 3 is 2.81 bits per heavy atom. The van der Waals surface area contributed by atoms with Crippen LogP contribution in [-0.4, -0.2) is 17.4 Å². The van der Waals surface area contributed by atoms with Crippen molar-refractivity contribution in [3.63, 3.8) is 0 Å². The van der Waals surface area contributed by atoms with Gasteiger partial charge in [-0.05, 0) is 25.5 Å². The third-order valence-corrected chi connectivity index (χ3v) is 2.47. The number of pyridine rings is 1. The molecule has 16 heavy (non-hydrogen) atoms. The molecule has 88 valence electrons. The van der Waals surface area contributed by atoms with Gasteiger partial charge in [-0.2, -0.15) is 0 Å². The molecule has 4 nitrogen and oxygen atoms in total. The molecule has 1 aromatic heterocycles.